The fourth-order valence-electron chi connectivity index (χ4n) is 2.48. The zero-order valence-corrected chi connectivity index (χ0v) is 11.0. The molecule has 0 unspecified atom stereocenters. The zero-order valence-electron chi connectivity index (χ0n) is 11.0. The van der Waals surface area contributed by atoms with Gasteiger partial charge in [-0.2, -0.15) is 0 Å². The molecule has 0 bridgehead atoms. The minimum atomic E-state index is -0.137. The minimum Gasteiger partial charge on any atom is -0.316 e. The summed E-state index contributed by atoms with van der Waals surface area (Å²) in [6.45, 7) is 5.77. The van der Waals surface area contributed by atoms with E-state index < -0.39 is 0 Å². The SMILES string of the molecule is Fc1cccc(CCNCCCN2CCCC2)c1. The van der Waals surface area contributed by atoms with Gasteiger partial charge in [0.05, 0.1) is 0 Å². The van der Waals surface area contributed by atoms with Crippen molar-refractivity contribution >= 4 is 0 Å². The van der Waals surface area contributed by atoms with Crippen molar-refractivity contribution in [1.29, 1.82) is 0 Å². The van der Waals surface area contributed by atoms with Crippen molar-refractivity contribution < 1.29 is 4.39 Å². The summed E-state index contributed by atoms with van der Waals surface area (Å²) in [6, 6.07) is 6.87. The van der Waals surface area contributed by atoms with Crippen LogP contribution in [0.2, 0.25) is 0 Å². The van der Waals surface area contributed by atoms with Crippen molar-refractivity contribution in [2.75, 3.05) is 32.7 Å². The van der Waals surface area contributed by atoms with Crippen LogP contribution in [0.4, 0.5) is 4.39 Å². The van der Waals surface area contributed by atoms with E-state index in [0.717, 1.165) is 25.1 Å². The van der Waals surface area contributed by atoms with Gasteiger partial charge in [-0.05, 0) is 76.1 Å². The fraction of sp³-hybridized carbons (Fsp3) is 0.600. The Bertz CT molecular complexity index is 348. The Balaban J connectivity index is 1.50. The zero-order chi connectivity index (χ0) is 12.6. The molecule has 1 heterocycles. The third-order valence-corrected chi connectivity index (χ3v) is 3.51. The van der Waals surface area contributed by atoms with Crippen LogP contribution >= 0.6 is 0 Å². The summed E-state index contributed by atoms with van der Waals surface area (Å²) in [5.74, 6) is -0.137. The number of benzene rings is 1. The van der Waals surface area contributed by atoms with E-state index in [1.54, 1.807) is 12.1 Å². The summed E-state index contributed by atoms with van der Waals surface area (Å²) in [4.78, 5) is 2.54. The highest BCUT2D eigenvalue weighted by atomic mass is 19.1. The standard InChI is InChI=1S/C15H23FN2/c16-15-6-3-5-14(13-15)7-9-17-8-4-12-18-10-1-2-11-18/h3,5-6,13,17H,1-2,4,7-12H2. The first-order valence-corrected chi connectivity index (χ1v) is 7.02. The van der Waals surface area contributed by atoms with Crippen LogP contribution in [0.15, 0.2) is 24.3 Å². The molecule has 18 heavy (non-hydrogen) atoms. The van der Waals surface area contributed by atoms with Gasteiger partial charge in [0.2, 0.25) is 0 Å². The van der Waals surface area contributed by atoms with Crippen LogP contribution < -0.4 is 5.32 Å². The molecule has 100 valence electrons. The first-order chi connectivity index (χ1) is 8.84. The van der Waals surface area contributed by atoms with Crippen LogP contribution in [0, 0.1) is 5.82 Å². The molecular weight excluding hydrogens is 227 g/mol. The average Bonchev–Trinajstić information content (AvgIpc) is 2.87. The Morgan fingerprint density at radius 3 is 2.78 bits per heavy atom. The number of nitrogens with zero attached hydrogens (tertiary/aromatic N) is 1. The van der Waals surface area contributed by atoms with Gasteiger partial charge in [-0.15, -0.1) is 0 Å². The number of nitrogens with one attached hydrogen (secondary N) is 1. The number of rotatable bonds is 7. The normalized spacial score (nSPS) is 16.3. The Morgan fingerprint density at radius 1 is 1.17 bits per heavy atom. The minimum absolute atomic E-state index is 0.137. The van der Waals surface area contributed by atoms with Crippen LogP contribution in [-0.2, 0) is 6.42 Å². The van der Waals surface area contributed by atoms with Crippen molar-refractivity contribution in [3.8, 4) is 0 Å². The Kier molecular flexibility index (Phi) is 5.62. The van der Waals surface area contributed by atoms with E-state index in [0.29, 0.717) is 0 Å². The molecule has 1 fully saturated rings. The third-order valence-electron chi connectivity index (χ3n) is 3.51. The van der Waals surface area contributed by atoms with Gasteiger partial charge in [0.15, 0.2) is 0 Å². The lowest BCUT2D eigenvalue weighted by atomic mass is 10.1. The van der Waals surface area contributed by atoms with Crippen LogP contribution in [0.25, 0.3) is 0 Å². The Hall–Kier alpha value is -0.930. The summed E-state index contributed by atoms with van der Waals surface area (Å²) < 4.78 is 12.9. The number of hydrogen-bond acceptors (Lipinski definition) is 2. The van der Waals surface area contributed by atoms with Crippen LogP contribution in [0.1, 0.15) is 24.8 Å². The molecule has 1 aliphatic heterocycles. The Morgan fingerprint density at radius 2 is 2.00 bits per heavy atom. The molecular formula is C15H23FN2. The molecule has 1 saturated heterocycles. The first kappa shape index (κ1) is 13.5. The predicted molar refractivity (Wildman–Crippen MR) is 73.3 cm³/mol. The van der Waals surface area contributed by atoms with Crippen molar-refractivity contribution in [1.82, 2.24) is 10.2 Å². The second-order valence-electron chi connectivity index (χ2n) is 5.03. The average molecular weight is 250 g/mol. The molecule has 3 heteroatoms. The molecule has 1 aromatic rings. The Labute approximate surface area is 109 Å². The molecule has 1 N–H and O–H groups in total. The molecule has 0 saturated carbocycles. The van der Waals surface area contributed by atoms with Gasteiger partial charge in [-0.1, -0.05) is 12.1 Å². The second-order valence-corrected chi connectivity index (χ2v) is 5.03. The quantitative estimate of drug-likeness (QED) is 0.748. The van der Waals surface area contributed by atoms with Gasteiger partial charge in [-0.3, -0.25) is 0 Å². The van der Waals surface area contributed by atoms with Gasteiger partial charge >= 0.3 is 0 Å². The van der Waals surface area contributed by atoms with E-state index in [1.165, 1.54) is 45.0 Å². The predicted octanol–water partition coefficient (Wildman–Crippen LogP) is 2.44. The monoisotopic (exact) mass is 250 g/mol. The second kappa shape index (κ2) is 7.49. The van der Waals surface area contributed by atoms with Crippen molar-refractivity contribution in [3.05, 3.63) is 35.6 Å². The van der Waals surface area contributed by atoms with E-state index in [1.807, 2.05) is 6.07 Å². The highest BCUT2D eigenvalue weighted by Crippen LogP contribution is 2.07. The van der Waals surface area contributed by atoms with E-state index in [4.69, 9.17) is 0 Å². The van der Waals surface area contributed by atoms with Crippen LogP contribution in [0.3, 0.4) is 0 Å². The molecule has 0 spiro atoms. The number of hydrogen-bond donors (Lipinski definition) is 1. The lowest BCUT2D eigenvalue weighted by Gasteiger charge is -2.14. The molecule has 1 aromatic carbocycles. The summed E-state index contributed by atoms with van der Waals surface area (Å²) >= 11 is 0. The molecule has 0 aromatic heterocycles. The first-order valence-electron chi connectivity index (χ1n) is 7.02. The van der Waals surface area contributed by atoms with Gasteiger partial charge in [0.25, 0.3) is 0 Å². The molecule has 1 aliphatic rings. The number of likely N-dealkylation sites (tertiary alicyclic amines) is 1. The van der Waals surface area contributed by atoms with Crippen molar-refractivity contribution in [2.45, 2.75) is 25.7 Å². The molecule has 2 rings (SSSR count). The van der Waals surface area contributed by atoms with Crippen molar-refractivity contribution in [2.24, 2.45) is 0 Å². The molecule has 2 nitrogen and oxygen atoms in total. The highest BCUT2D eigenvalue weighted by Gasteiger charge is 2.09. The summed E-state index contributed by atoms with van der Waals surface area (Å²) in [7, 11) is 0. The van der Waals surface area contributed by atoms with E-state index in [-0.39, 0.29) is 5.82 Å². The summed E-state index contributed by atoms with van der Waals surface area (Å²) in [5.41, 5.74) is 1.07. The highest BCUT2D eigenvalue weighted by molar-refractivity contribution is 5.16. The van der Waals surface area contributed by atoms with Gasteiger partial charge in [0.1, 0.15) is 5.82 Å². The fourth-order valence-corrected chi connectivity index (χ4v) is 2.48. The lowest BCUT2D eigenvalue weighted by molar-refractivity contribution is 0.331. The van der Waals surface area contributed by atoms with E-state index in [9.17, 15) is 4.39 Å². The maximum atomic E-state index is 12.9. The van der Waals surface area contributed by atoms with Gasteiger partial charge in [0, 0.05) is 0 Å². The maximum absolute atomic E-state index is 12.9. The van der Waals surface area contributed by atoms with E-state index >= 15 is 0 Å². The topological polar surface area (TPSA) is 15.3 Å². The lowest BCUT2D eigenvalue weighted by Crippen LogP contribution is -2.25. The van der Waals surface area contributed by atoms with Gasteiger partial charge < -0.3 is 10.2 Å². The third kappa shape index (κ3) is 4.75. The largest absolute Gasteiger partial charge is 0.316 e. The molecule has 0 radical (unpaired) electrons. The number of halogens is 1. The maximum Gasteiger partial charge on any atom is 0.123 e. The van der Waals surface area contributed by atoms with Crippen LogP contribution in [0.5, 0.6) is 0 Å². The van der Waals surface area contributed by atoms with E-state index in [2.05, 4.69) is 10.2 Å². The van der Waals surface area contributed by atoms with Gasteiger partial charge in [-0.25, -0.2) is 4.39 Å². The molecule has 0 amide bonds. The molecule has 0 aliphatic carbocycles. The summed E-state index contributed by atoms with van der Waals surface area (Å²) in [5, 5.41) is 3.43. The molecule has 0 atom stereocenters. The smallest absolute Gasteiger partial charge is 0.123 e. The summed E-state index contributed by atoms with van der Waals surface area (Å²) in [6.07, 6.45) is 4.85. The van der Waals surface area contributed by atoms with Crippen molar-refractivity contribution in [3.63, 3.8) is 0 Å². The van der Waals surface area contributed by atoms with Crippen LogP contribution in [-0.4, -0.2) is 37.6 Å².